The van der Waals surface area contributed by atoms with Crippen molar-refractivity contribution in [3.63, 3.8) is 0 Å². The fraction of sp³-hybridized carbons (Fsp3) is 0.552. The second kappa shape index (κ2) is 11.6. The lowest BCUT2D eigenvalue weighted by atomic mass is 10.0. The Hall–Kier alpha value is -2.61. The Bertz CT molecular complexity index is 978. The molecule has 5 rings (SSSR count). The minimum atomic E-state index is -0.630. The number of nitrogens with zero attached hydrogens (tertiary/aromatic N) is 4. The summed E-state index contributed by atoms with van der Waals surface area (Å²) in [6, 6.07) is 18.9. The van der Waals surface area contributed by atoms with E-state index in [9.17, 15) is 9.90 Å². The van der Waals surface area contributed by atoms with Gasteiger partial charge in [0.25, 0.3) is 0 Å². The number of anilines is 1. The second-order valence-electron chi connectivity index (χ2n) is 10.6. The third-order valence-electron chi connectivity index (χ3n) is 7.76. The van der Waals surface area contributed by atoms with Gasteiger partial charge in [-0.15, -0.1) is 0 Å². The molecule has 1 N–H and O–H groups in total. The van der Waals surface area contributed by atoms with Crippen LogP contribution in [0.3, 0.4) is 0 Å². The molecule has 0 aromatic heterocycles. The zero-order valence-corrected chi connectivity index (χ0v) is 21.4. The number of aliphatic hydroxyl groups is 1. The van der Waals surface area contributed by atoms with Crippen molar-refractivity contribution in [2.45, 2.75) is 37.8 Å². The van der Waals surface area contributed by atoms with Crippen molar-refractivity contribution in [3.8, 4) is 5.75 Å². The number of piperazine rings is 1. The molecule has 0 spiro atoms. The van der Waals surface area contributed by atoms with E-state index < -0.39 is 5.60 Å². The molecule has 3 aliphatic rings. The smallest absolute Gasteiger partial charge is 0.222 e. The summed E-state index contributed by atoms with van der Waals surface area (Å²) in [5.74, 6) is 1.15. The summed E-state index contributed by atoms with van der Waals surface area (Å²) in [6.07, 6.45) is 3.37. The third kappa shape index (κ3) is 6.58. The number of β-amino-alcohol motifs (C(OH)–C–C–N with tert-alkyl or cyclic N) is 1. The van der Waals surface area contributed by atoms with Gasteiger partial charge in [-0.2, -0.15) is 0 Å². The van der Waals surface area contributed by atoms with Crippen LogP contribution in [0.5, 0.6) is 5.75 Å². The molecule has 2 aromatic rings. The fourth-order valence-corrected chi connectivity index (χ4v) is 5.76. The van der Waals surface area contributed by atoms with E-state index in [-0.39, 0.29) is 5.91 Å². The molecule has 0 bridgehead atoms. The lowest BCUT2D eigenvalue weighted by molar-refractivity contribution is -0.127. The molecule has 3 fully saturated rings. The van der Waals surface area contributed by atoms with Crippen molar-refractivity contribution in [2.75, 3.05) is 70.4 Å². The molecular weight excluding hydrogens is 452 g/mol. The number of hydrogen-bond donors (Lipinski definition) is 1. The van der Waals surface area contributed by atoms with Crippen molar-refractivity contribution in [1.82, 2.24) is 14.7 Å². The molecule has 3 aliphatic heterocycles. The van der Waals surface area contributed by atoms with Gasteiger partial charge in [-0.1, -0.05) is 30.3 Å². The van der Waals surface area contributed by atoms with Crippen molar-refractivity contribution in [1.29, 1.82) is 0 Å². The van der Waals surface area contributed by atoms with Gasteiger partial charge in [0, 0.05) is 77.6 Å². The lowest BCUT2D eigenvalue weighted by Crippen LogP contribution is -2.52. The summed E-state index contributed by atoms with van der Waals surface area (Å²) in [6.45, 7) is 9.56. The van der Waals surface area contributed by atoms with Crippen LogP contribution in [-0.2, 0) is 11.3 Å². The molecule has 1 atom stereocenters. The van der Waals surface area contributed by atoms with E-state index in [4.69, 9.17) is 4.74 Å². The molecule has 36 heavy (non-hydrogen) atoms. The van der Waals surface area contributed by atoms with Gasteiger partial charge in [0.1, 0.15) is 5.75 Å². The van der Waals surface area contributed by atoms with Gasteiger partial charge in [-0.25, -0.2) is 0 Å². The predicted molar refractivity (Wildman–Crippen MR) is 142 cm³/mol. The maximum atomic E-state index is 11.7. The highest BCUT2D eigenvalue weighted by Gasteiger charge is 2.38. The van der Waals surface area contributed by atoms with Crippen LogP contribution in [0.1, 0.15) is 31.2 Å². The van der Waals surface area contributed by atoms with E-state index in [1.807, 2.05) is 17.0 Å². The largest absolute Gasteiger partial charge is 0.494 e. The number of para-hydroxylation sites is 1. The first-order chi connectivity index (χ1) is 17.6. The maximum Gasteiger partial charge on any atom is 0.222 e. The average Bonchev–Trinajstić information content (AvgIpc) is 3.48. The van der Waals surface area contributed by atoms with Crippen LogP contribution in [0.4, 0.5) is 5.69 Å². The van der Waals surface area contributed by atoms with Crippen LogP contribution in [0.15, 0.2) is 54.6 Å². The summed E-state index contributed by atoms with van der Waals surface area (Å²) in [7, 11) is 0. The molecule has 0 saturated carbocycles. The van der Waals surface area contributed by atoms with E-state index in [0.29, 0.717) is 13.0 Å². The minimum Gasteiger partial charge on any atom is -0.494 e. The summed E-state index contributed by atoms with van der Waals surface area (Å²) < 4.78 is 5.88. The number of likely N-dealkylation sites (tertiary alicyclic amines) is 2. The molecule has 0 aliphatic carbocycles. The molecule has 0 unspecified atom stereocenters. The zero-order valence-electron chi connectivity index (χ0n) is 21.4. The first-order valence-electron chi connectivity index (χ1n) is 13.5. The topological polar surface area (TPSA) is 59.5 Å². The Kier molecular flexibility index (Phi) is 8.09. The predicted octanol–water partition coefficient (Wildman–Crippen LogP) is 2.84. The van der Waals surface area contributed by atoms with E-state index in [2.05, 4.69) is 57.2 Å². The van der Waals surface area contributed by atoms with Crippen LogP contribution in [-0.4, -0.2) is 96.8 Å². The van der Waals surface area contributed by atoms with Gasteiger partial charge in [0.2, 0.25) is 5.91 Å². The number of rotatable bonds is 10. The molecule has 7 nitrogen and oxygen atoms in total. The highest BCUT2D eigenvalue weighted by Crippen LogP contribution is 2.26. The molecule has 3 saturated heterocycles. The van der Waals surface area contributed by atoms with Gasteiger partial charge >= 0.3 is 0 Å². The van der Waals surface area contributed by atoms with Gasteiger partial charge in [0.05, 0.1) is 12.2 Å². The van der Waals surface area contributed by atoms with E-state index >= 15 is 0 Å². The van der Waals surface area contributed by atoms with Gasteiger partial charge < -0.3 is 19.6 Å². The number of hydrogen-bond acceptors (Lipinski definition) is 6. The third-order valence-corrected chi connectivity index (χ3v) is 7.76. The zero-order chi connectivity index (χ0) is 24.8. The maximum absolute atomic E-state index is 11.7. The van der Waals surface area contributed by atoms with Gasteiger partial charge in [-0.3, -0.25) is 14.6 Å². The summed E-state index contributed by atoms with van der Waals surface area (Å²) in [5, 5.41) is 11.3. The SMILES string of the molecule is O=C1CCCN1CCCOc1ccc(CN2CC[C@](O)(CN3CCN(c4ccccc4)CC3)C2)cc1. The summed E-state index contributed by atoms with van der Waals surface area (Å²) >= 11 is 0. The van der Waals surface area contributed by atoms with Gasteiger partial charge in [-0.05, 0) is 49.1 Å². The van der Waals surface area contributed by atoms with Crippen LogP contribution in [0.2, 0.25) is 0 Å². The molecule has 3 heterocycles. The van der Waals surface area contributed by atoms with E-state index in [1.165, 1.54) is 11.3 Å². The molecule has 7 heteroatoms. The quantitative estimate of drug-likeness (QED) is 0.515. The highest BCUT2D eigenvalue weighted by atomic mass is 16.5. The minimum absolute atomic E-state index is 0.277. The van der Waals surface area contributed by atoms with Crippen LogP contribution >= 0.6 is 0 Å². The monoisotopic (exact) mass is 492 g/mol. The normalized spacial score (nSPS) is 23.5. The summed E-state index contributed by atoms with van der Waals surface area (Å²) in [5.41, 5.74) is 1.90. The van der Waals surface area contributed by atoms with Crippen molar-refractivity contribution < 1.29 is 14.6 Å². The van der Waals surface area contributed by atoms with E-state index in [0.717, 1.165) is 90.5 Å². The Balaban J connectivity index is 1.01. The number of ether oxygens (including phenoxy) is 1. The fourth-order valence-electron chi connectivity index (χ4n) is 5.76. The Morgan fingerprint density at radius 2 is 1.67 bits per heavy atom. The highest BCUT2D eigenvalue weighted by molar-refractivity contribution is 5.77. The van der Waals surface area contributed by atoms with Crippen molar-refractivity contribution in [2.24, 2.45) is 0 Å². The average molecular weight is 493 g/mol. The molecule has 194 valence electrons. The van der Waals surface area contributed by atoms with E-state index in [1.54, 1.807) is 0 Å². The van der Waals surface area contributed by atoms with Crippen LogP contribution < -0.4 is 9.64 Å². The van der Waals surface area contributed by atoms with Crippen molar-refractivity contribution >= 4 is 11.6 Å². The molecule has 0 radical (unpaired) electrons. The van der Waals surface area contributed by atoms with Crippen LogP contribution in [0, 0.1) is 0 Å². The van der Waals surface area contributed by atoms with Crippen molar-refractivity contribution in [3.05, 3.63) is 60.2 Å². The standard InChI is InChI=1S/C29H40N4O3/c34-28-8-4-14-33(28)15-5-21-36-27-11-9-25(10-12-27)22-31-16-13-29(35,24-31)23-30-17-19-32(20-18-30)26-6-2-1-3-7-26/h1-3,6-7,9-12,35H,4-5,8,13-24H2/t29-/m0/s1. The first-order valence-corrected chi connectivity index (χ1v) is 13.5. The number of carbonyl (C=O) groups is 1. The second-order valence-corrected chi connectivity index (χ2v) is 10.6. The van der Waals surface area contributed by atoms with Crippen LogP contribution in [0.25, 0.3) is 0 Å². The summed E-state index contributed by atoms with van der Waals surface area (Å²) in [4.78, 5) is 20.8. The Morgan fingerprint density at radius 1 is 0.889 bits per heavy atom. The number of benzene rings is 2. The number of amides is 1. The number of carbonyl (C=O) groups excluding carboxylic acids is 1. The Labute approximate surface area is 215 Å². The molecule has 1 amide bonds. The molecule has 2 aromatic carbocycles. The first kappa shape index (κ1) is 25.1. The molecular formula is C29H40N4O3. The lowest BCUT2D eigenvalue weighted by Gasteiger charge is -2.39. The Morgan fingerprint density at radius 3 is 2.39 bits per heavy atom. The van der Waals surface area contributed by atoms with Gasteiger partial charge in [0.15, 0.2) is 0 Å².